The van der Waals surface area contributed by atoms with Crippen molar-refractivity contribution in [2.24, 2.45) is 21.1 Å². The van der Waals surface area contributed by atoms with Crippen LogP contribution in [0.2, 0.25) is 0 Å². The van der Waals surface area contributed by atoms with Gasteiger partial charge in [-0.2, -0.15) is 18.2 Å². The predicted molar refractivity (Wildman–Crippen MR) is 99.1 cm³/mol. The van der Waals surface area contributed by atoms with Gasteiger partial charge in [0.05, 0.1) is 0 Å². The van der Waals surface area contributed by atoms with E-state index in [1.807, 2.05) is 0 Å². The Balaban J connectivity index is 1.79. The van der Waals surface area contributed by atoms with Crippen LogP contribution in [-0.4, -0.2) is 34.9 Å². The number of halogens is 3. The molecule has 0 aliphatic heterocycles. The number of aryl methyl sites for hydroxylation is 1. The Morgan fingerprint density at radius 1 is 1.10 bits per heavy atom. The normalized spacial score (nSPS) is 11.4. The van der Waals surface area contributed by atoms with Gasteiger partial charge in [-0.05, 0) is 24.3 Å². The zero-order valence-corrected chi connectivity index (χ0v) is 16.3. The van der Waals surface area contributed by atoms with Crippen molar-refractivity contribution in [1.29, 1.82) is 0 Å². The molecule has 2 aromatic heterocycles. The number of anilines is 1. The lowest BCUT2D eigenvalue weighted by Crippen LogP contribution is -2.40. The van der Waals surface area contributed by atoms with Gasteiger partial charge in [0.25, 0.3) is 17.3 Å². The minimum absolute atomic E-state index is 0.100. The zero-order valence-electron chi connectivity index (χ0n) is 16.3. The molecule has 164 valence electrons. The Labute approximate surface area is 170 Å². The van der Waals surface area contributed by atoms with Gasteiger partial charge in [-0.1, -0.05) is 0 Å². The van der Waals surface area contributed by atoms with Gasteiger partial charge < -0.3 is 15.2 Å². The number of amides is 1. The van der Waals surface area contributed by atoms with E-state index in [4.69, 9.17) is 4.74 Å². The summed E-state index contributed by atoms with van der Waals surface area (Å²) in [5.74, 6) is -3.02. The van der Waals surface area contributed by atoms with Crippen molar-refractivity contribution in [2.75, 3.05) is 5.32 Å². The number of aromatic hydroxyl groups is 1. The third-order valence-electron chi connectivity index (χ3n) is 4.16. The highest BCUT2D eigenvalue weighted by Gasteiger charge is 2.37. The van der Waals surface area contributed by atoms with Crippen LogP contribution in [-0.2, 0) is 27.3 Å². The molecule has 0 bridgehead atoms. The van der Waals surface area contributed by atoms with Gasteiger partial charge in [0.15, 0.2) is 5.56 Å². The third kappa shape index (κ3) is 4.12. The SMILES string of the molecule is Cn1nc(C(F)(F)F)nc1Oc1ccc(NC(=O)c2c(O)n(C)c(=O)n(C)c2=O)cc1. The summed E-state index contributed by atoms with van der Waals surface area (Å²) in [5, 5.41) is 15.6. The van der Waals surface area contributed by atoms with Crippen LogP contribution in [0.25, 0.3) is 0 Å². The maximum atomic E-state index is 12.7. The highest BCUT2D eigenvalue weighted by molar-refractivity contribution is 6.05. The summed E-state index contributed by atoms with van der Waals surface area (Å²) in [4.78, 5) is 39.6. The topological polar surface area (TPSA) is 133 Å². The molecular weight excluding hydrogens is 425 g/mol. The first kappa shape index (κ1) is 21.6. The highest BCUT2D eigenvalue weighted by Crippen LogP contribution is 2.29. The molecule has 3 rings (SSSR count). The first-order chi connectivity index (χ1) is 14.4. The third-order valence-corrected chi connectivity index (χ3v) is 4.16. The number of rotatable bonds is 4. The number of hydrogen-bond donors (Lipinski definition) is 2. The van der Waals surface area contributed by atoms with Crippen LogP contribution < -0.4 is 21.3 Å². The Morgan fingerprint density at radius 3 is 2.26 bits per heavy atom. The number of nitrogens with one attached hydrogen (secondary N) is 1. The van der Waals surface area contributed by atoms with Crippen LogP contribution in [0.4, 0.5) is 18.9 Å². The largest absolute Gasteiger partial charge is 0.494 e. The first-order valence-electron chi connectivity index (χ1n) is 8.46. The van der Waals surface area contributed by atoms with E-state index in [1.54, 1.807) is 0 Å². The maximum Gasteiger partial charge on any atom is 0.453 e. The van der Waals surface area contributed by atoms with E-state index in [2.05, 4.69) is 15.4 Å². The Bertz CT molecular complexity index is 1270. The van der Waals surface area contributed by atoms with Gasteiger partial charge >= 0.3 is 17.9 Å². The first-order valence-corrected chi connectivity index (χ1v) is 8.46. The van der Waals surface area contributed by atoms with E-state index in [-0.39, 0.29) is 11.4 Å². The van der Waals surface area contributed by atoms with Crippen LogP contribution in [0.15, 0.2) is 33.9 Å². The van der Waals surface area contributed by atoms with Crippen molar-refractivity contribution in [3.8, 4) is 17.6 Å². The molecule has 2 N–H and O–H groups in total. The van der Waals surface area contributed by atoms with Crippen LogP contribution in [0, 0.1) is 0 Å². The molecule has 0 fully saturated rings. The van der Waals surface area contributed by atoms with Gasteiger partial charge in [-0.15, -0.1) is 5.10 Å². The van der Waals surface area contributed by atoms with Crippen LogP contribution in [0.5, 0.6) is 17.6 Å². The summed E-state index contributed by atoms with van der Waals surface area (Å²) >= 11 is 0. The number of benzene rings is 1. The number of ether oxygens (including phenoxy) is 1. The van der Waals surface area contributed by atoms with Crippen molar-refractivity contribution in [1.82, 2.24) is 23.9 Å². The second-order valence-corrected chi connectivity index (χ2v) is 6.32. The Hall–Kier alpha value is -4.10. The molecule has 0 saturated heterocycles. The molecule has 0 atom stereocenters. The standard InChI is InChI=1S/C17H15F3N6O5/c1-24-12(28)10(13(29)25(2)16(24)30)11(27)21-8-4-6-9(7-5-8)31-15-22-14(17(18,19)20)23-26(15)3/h4-7,28H,1-3H3,(H,21,27). The van der Waals surface area contributed by atoms with Crippen molar-refractivity contribution < 1.29 is 27.8 Å². The van der Waals surface area contributed by atoms with Gasteiger partial charge in [-0.3, -0.25) is 18.7 Å². The molecule has 31 heavy (non-hydrogen) atoms. The lowest BCUT2D eigenvalue weighted by molar-refractivity contribution is -0.145. The molecule has 11 nitrogen and oxygen atoms in total. The minimum Gasteiger partial charge on any atom is -0.494 e. The van der Waals surface area contributed by atoms with E-state index >= 15 is 0 Å². The summed E-state index contributed by atoms with van der Waals surface area (Å²) in [7, 11) is 3.58. The molecule has 2 heterocycles. The van der Waals surface area contributed by atoms with E-state index in [0.29, 0.717) is 4.57 Å². The van der Waals surface area contributed by atoms with Crippen molar-refractivity contribution >= 4 is 11.6 Å². The second-order valence-electron chi connectivity index (χ2n) is 6.32. The quantitative estimate of drug-likeness (QED) is 0.618. The van der Waals surface area contributed by atoms with E-state index in [9.17, 15) is 32.7 Å². The second kappa shape index (κ2) is 7.62. The molecule has 1 aromatic carbocycles. The fourth-order valence-corrected chi connectivity index (χ4v) is 2.52. The number of aromatic nitrogens is 5. The lowest BCUT2D eigenvalue weighted by atomic mass is 10.2. The monoisotopic (exact) mass is 440 g/mol. The number of carbonyl (C=O) groups excluding carboxylic acids is 1. The van der Waals surface area contributed by atoms with Crippen LogP contribution in [0.3, 0.4) is 0 Å². The lowest BCUT2D eigenvalue weighted by Gasteiger charge is -2.11. The van der Waals surface area contributed by atoms with Crippen LogP contribution in [0.1, 0.15) is 16.2 Å². The average Bonchev–Trinajstić information content (AvgIpc) is 3.07. The fraction of sp³-hybridized carbons (Fsp3) is 0.235. The molecule has 0 aliphatic rings. The van der Waals surface area contributed by atoms with E-state index in [0.717, 1.165) is 16.3 Å². The number of hydrogen-bond acceptors (Lipinski definition) is 7. The van der Waals surface area contributed by atoms with Gasteiger partial charge in [0.1, 0.15) is 5.75 Å². The summed E-state index contributed by atoms with van der Waals surface area (Å²) in [6, 6.07) is 4.95. The Morgan fingerprint density at radius 2 is 1.71 bits per heavy atom. The highest BCUT2D eigenvalue weighted by atomic mass is 19.4. The molecule has 0 spiro atoms. The fourth-order valence-electron chi connectivity index (χ4n) is 2.52. The summed E-state index contributed by atoms with van der Waals surface area (Å²) < 4.78 is 45.5. The van der Waals surface area contributed by atoms with Gasteiger partial charge in [0, 0.05) is 26.8 Å². The summed E-state index contributed by atoms with van der Waals surface area (Å²) in [5.41, 5.74) is -2.25. The molecule has 0 radical (unpaired) electrons. The number of carbonyl (C=O) groups is 1. The average molecular weight is 440 g/mol. The molecule has 0 saturated carbocycles. The molecule has 14 heteroatoms. The minimum atomic E-state index is -4.73. The van der Waals surface area contributed by atoms with Gasteiger partial charge in [-0.25, -0.2) is 9.48 Å². The van der Waals surface area contributed by atoms with Crippen molar-refractivity contribution in [3.63, 3.8) is 0 Å². The maximum absolute atomic E-state index is 12.7. The smallest absolute Gasteiger partial charge is 0.453 e. The van der Waals surface area contributed by atoms with E-state index < -0.39 is 46.6 Å². The van der Waals surface area contributed by atoms with Crippen molar-refractivity contribution in [3.05, 3.63) is 56.5 Å². The summed E-state index contributed by atoms with van der Waals surface area (Å²) in [6.45, 7) is 0. The summed E-state index contributed by atoms with van der Waals surface area (Å²) in [6.07, 6.45) is -4.73. The molecule has 0 unspecified atom stereocenters. The molecule has 1 amide bonds. The van der Waals surface area contributed by atoms with E-state index in [1.165, 1.54) is 38.4 Å². The Kier molecular flexibility index (Phi) is 5.31. The van der Waals surface area contributed by atoms with Gasteiger partial charge in [0.2, 0.25) is 5.88 Å². The number of alkyl halides is 3. The predicted octanol–water partition coefficient (Wildman–Crippen LogP) is 0.981. The van der Waals surface area contributed by atoms with Crippen LogP contribution >= 0.6 is 0 Å². The van der Waals surface area contributed by atoms with Crippen molar-refractivity contribution in [2.45, 2.75) is 6.18 Å². The molecule has 0 aliphatic carbocycles. The molecule has 3 aromatic rings. The molecular formula is C17H15F3N6O5. The zero-order chi connectivity index (χ0) is 23.1. The number of nitrogens with zero attached hydrogens (tertiary/aromatic N) is 5.